The van der Waals surface area contributed by atoms with Gasteiger partial charge in [-0.05, 0) is 55.3 Å². The van der Waals surface area contributed by atoms with E-state index in [9.17, 15) is 22.8 Å². The van der Waals surface area contributed by atoms with Gasteiger partial charge in [-0.3, -0.25) is 4.79 Å². The van der Waals surface area contributed by atoms with Gasteiger partial charge in [0.2, 0.25) is 0 Å². The van der Waals surface area contributed by atoms with Gasteiger partial charge in [-0.15, -0.1) is 0 Å². The Morgan fingerprint density at radius 2 is 1.68 bits per heavy atom. The summed E-state index contributed by atoms with van der Waals surface area (Å²) in [6.07, 6.45) is -4.70. The molecule has 1 amide bonds. The first-order valence-electron chi connectivity index (χ1n) is 8.08. The molecule has 0 radical (unpaired) electrons. The Balaban J connectivity index is 1.88. The Morgan fingerprint density at radius 3 is 2.29 bits per heavy atom. The molecule has 2 aromatic rings. The molecule has 0 unspecified atom stereocenters. The molecule has 0 heterocycles. The van der Waals surface area contributed by atoms with Crippen LogP contribution >= 0.6 is 11.6 Å². The van der Waals surface area contributed by atoms with Crippen molar-refractivity contribution in [1.82, 2.24) is 0 Å². The molecule has 28 heavy (non-hydrogen) atoms. The summed E-state index contributed by atoms with van der Waals surface area (Å²) in [5, 5.41) is 1.93. The number of hydrogen-bond donors (Lipinski definition) is 1. The molecule has 0 aromatic heterocycles. The predicted octanol–water partition coefficient (Wildman–Crippen LogP) is 4.54. The Kier molecular flexibility index (Phi) is 6.90. The van der Waals surface area contributed by atoms with Gasteiger partial charge in [-0.1, -0.05) is 17.7 Å². The van der Waals surface area contributed by atoms with E-state index in [-0.39, 0.29) is 5.02 Å². The highest BCUT2D eigenvalue weighted by atomic mass is 35.5. The lowest BCUT2D eigenvalue weighted by atomic mass is 10.1. The summed E-state index contributed by atoms with van der Waals surface area (Å²) >= 11 is 5.57. The van der Waals surface area contributed by atoms with Crippen molar-refractivity contribution >= 4 is 29.2 Å². The first-order valence-corrected chi connectivity index (χ1v) is 8.45. The summed E-state index contributed by atoms with van der Waals surface area (Å²) in [7, 11) is 0. The molecule has 9 heteroatoms. The zero-order valence-electron chi connectivity index (χ0n) is 15.0. The fraction of sp³-hybridized carbons (Fsp3) is 0.263. The standard InChI is InChI=1S/C19H17ClF3NO4/c1-11-5-12(2)7-14(6-11)27-10-18(26)28-9-17(25)24-16-4-3-13(20)8-15(16)19(21,22)23/h3-8H,9-10H2,1-2H3,(H,24,25). The molecule has 150 valence electrons. The van der Waals surface area contributed by atoms with Gasteiger partial charge in [0.05, 0.1) is 11.3 Å². The van der Waals surface area contributed by atoms with E-state index in [1.54, 1.807) is 12.1 Å². The first kappa shape index (κ1) is 21.6. The third kappa shape index (κ3) is 6.45. The molecule has 0 spiro atoms. The molecule has 2 aromatic carbocycles. The molecular weight excluding hydrogens is 399 g/mol. The second-order valence-corrected chi connectivity index (χ2v) is 6.45. The first-order chi connectivity index (χ1) is 13.0. The molecule has 0 fully saturated rings. The van der Waals surface area contributed by atoms with E-state index in [2.05, 4.69) is 5.32 Å². The number of rotatable bonds is 6. The number of halogens is 4. The number of ether oxygens (including phenoxy) is 2. The molecular formula is C19H17ClF3NO4. The van der Waals surface area contributed by atoms with Crippen molar-refractivity contribution in [2.75, 3.05) is 18.5 Å². The predicted molar refractivity (Wildman–Crippen MR) is 97.5 cm³/mol. The summed E-state index contributed by atoms with van der Waals surface area (Å²) in [5.74, 6) is -1.29. The molecule has 0 aliphatic rings. The van der Waals surface area contributed by atoms with Crippen molar-refractivity contribution < 1.29 is 32.2 Å². The number of carbonyl (C=O) groups is 2. The SMILES string of the molecule is Cc1cc(C)cc(OCC(=O)OCC(=O)Nc2ccc(Cl)cc2C(F)(F)F)c1. The Morgan fingerprint density at radius 1 is 1.04 bits per heavy atom. The molecule has 0 atom stereocenters. The van der Waals surface area contributed by atoms with Crippen molar-refractivity contribution in [2.45, 2.75) is 20.0 Å². The number of esters is 1. The third-order valence-electron chi connectivity index (χ3n) is 3.48. The maximum absolute atomic E-state index is 13.0. The molecule has 5 nitrogen and oxygen atoms in total. The Bertz CT molecular complexity index is 864. The van der Waals surface area contributed by atoms with E-state index in [0.29, 0.717) is 11.8 Å². The number of aryl methyl sites for hydroxylation is 2. The van der Waals surface area contributed by atoms with E-state index >= 15 is 0 Å². The molecule has 2 rings (SSSR count). The fourth-order valence-electron chi connectivity index (χ4n) is 2.39. The highest BCUT2D eigenvalue weighted by Gasteiger charge is 2.34. The van der Waals surface area contributed by atoms with E-state index in [0.717, 1.165) is 17.2 Å². The maximum atomic E-state index is 13.0. The summed E-state index contributed by atoms with van der Waals surface area (Å²) in [5.41, 5.74) is 0.319. The van der Waals surface area contributed by atoms with Gasteiger partial charge in [0.15, 0.2) is 13.2 Å². The lowest BCUT2D eigenvalue weighted by molar-refractivity contribution is -0.149. The number of carbonyl (C=O) groups excluding carboxylic acids is 2. The molecule has 0 saturated carbocycles. The average molecular weight is 416 g/mol. The van der Waals surface area contributed by atoms with Crippen LogP contribution in [0, 0.1) is 13.8 Å². The molecule has 0 aliphatic heterocycles. The minimum absolute atomic E-state index is 0.125. The lowest BCUT2D eigenvalue weighted by Crippen LogP contribution is -2.24. The van der Waals surface area contributed by atoms with Gasteiger partial charge in [0.25, 0.3) is 5.91 Å². The highest BCUT2D eigenvalue weighted by Crippen LogP contribution is 2.36. The third-order valence-corrected chi connectivity index (χ3v) is 3.71. The number of anilines is 1. The van der Waals surface area contributed by atoms with Gasteiger partial charge in [-0.25, -0.2) is 4.79 Å². The van der Waals surface area contributed by atoms with E-state index in [1.807, 2.05) is 19.9 Å². The highest BCUT2D eigenvalue weighted by molar-refractivity contribution is 6.30. The zero-order valence-corrected chi connectivity index (χ0v) is 15.8. The molecule has 0 saturated heterocycles. The van der Waals surface area contributed by atoms with Crippen molar-refractivity contribution in [1.29, 1.82) is 0 Å². The van der Waals surface area contributed by atoms with Crippen LogP contribution in [0.1, 0.15) is 16.7 Å². The van der Waals surface area contributed by atoms with Crippen LogP contribution in [0.5, 0.6) is 5.75 Å². The normalized spacial score (nSPS) is 11.1. The second-order valence-electron chi connectivity index (χ2n) is 6.01. The van der Waals surface area contributed by atoms with Gasteiger partial charge in [0.1, 0.15) is 5.75 Å². The summed E-state index contributed by atoms with van der Waals surface area (Å²) in [6, 6.07) is 8.31. The molecule has 0 aliphatic carbocycles. The summed E-state index contributed by atoms with van der Waals surface area (Å²) in [4.78, 5) is 23.5. The zero-order chi connectivity index (χ0) is 20.9. The van der Waals surface area contributed by atoms with E-state index < -0.39 is 42.5 Å². The van der Waals surface area contributed by atoms with Crippen LogP contribution in [0.25, 0.3) is 0 Å². The van der Waals surface area contributed by atoms with Crippen molar-refractivity contribution in [2.24, 2.45) is 0 Å². The summed E-state index contributed by atoms with van der Waals surface area (Å²) in [6.45, 7) is 2.54. The van der Waals surface area contributed by atoms with Crippen LogP contribution < -0.4 is 10.1 Å². The topological polar surface area (TPSA) is 64.6 Å². The Labute approximate surface area is 164 Å². The fourth-order valence-corrected chi connectivity index (χ4v) is 2.56. The van der Waals surface area contributed by atoms with Crippen LogP contribution in [0.15, 0.2) is 36.4 Å². The van der Waals surface area contributed by atoms with Gasteiger partial charge < -0.3 is 14.8 Å². The van der Waals surface area contributed by atoms with E-state index in [4.69, 9.17) is 21.1 Å². The minimum atomic E-state index is -4.70. The van der Waals surface area contributed by atoms with Crippen LogP contribution in [-0.2, 0) is 20.5 Å². The van der Waals surface area contributed by atoms with Gasteiger partial charge in [-0.2, -0.15) is 13.2 Å². The number of nitrogens with one attached hydrogen (secondary N) is 1. The number of benzene rings is 2. The molecule has 0 bridgehead atoms. The largest absolute Gasteiger partial charge is 0.482 e. The number of amides is 1. The minimum Gasteiger partial charge on any atom is -0.482 e. The smallest absolute Gasteiger partial charge is 0.418 e. The lowest BCUT2D eigenvalue weighted by Gasteiger charge is -2.14. The maximum Gasteiger partial charge on any atom is 0.418 e. The van der Waals surface area contributed by atoms with Gasteiger partial charge in [0, 0.05) is 5.02 Å². The van der Waals surface area contributed by atoms with Crippen LogP contribution in [0.3, 0.4) is 0 Å². The average Bonchev–Trinajstić information content (AvgIpc) is 2.58. The van der Waals surface area contributed by atoms with Crippen molar-refractivity contribution in [3.05, 3.63) is 58.1 Å². The summed E-state index contributed by atoms with van der Waals surface area (Å²) < 4.78 is 49.0. The van der Waals surface area contributed by atoms with Crippen LogP contribution in [-0.4, -0.2) is 25.1 Å². The molecule has 1 N–H and O–H groups in total. The number of alkyl halides is 3. The van der Waals surface area contributed by atoms with Gasteiger partial charge >= 0.3 is 12.1 Å². The number of hydrogen-bond acceptors (Lipinski definition) is 4. The van der Waals surface area contributed by atoms with Crippen molar-refractivity contribution in [3.63, 3.8) is 0 Å². The second kappa shape index (κ2) is 8.97. The van der Waals surface area contributed by atoms with Crippen LogP contribution in [0.2, 0.25) is 5.02 Å². The van der Waals surface area contributed by atoms with Crippen molar-refractivity contribution in [3.8, 4) is 5.75 Å². The quantitative estimate of drug-likeness (QED) is 0.704. The monoisotopic (exact) mass is 415 g/mol. The van der Waals surface area contributed by atoms with E-state index in [1.165, 1.54) is 6.07 Å². The van der Waals surface area contributed by atoms with Crippen LogP contribution in [0.4, 0.5) is 18.9 Å². The Hall–Kier alpha value is -2.74.